The molecule has 9 nitrogen and oxygen atoms in total. The van der Waals surface area contributed by atoms with Crippen LogP contribution in [0.1, 0.15) is 99.8 Å². The lowest BCUT2D eigenvalue weighted by atomic mass is 9.41. The highest BCUT2D eigenvalue weighted by Crippen LogP contribution is 2.90. The maximum absolute atomic E-state index is 12.4. The number of hydrogen-bond acceptors (Lipinski definition) is 9. The van der Waals surface area contributed by atoms with Crippen LogP contribution < -0.4 is 0 Å². The van der Waals surface area contributed by atoms with Crippen molar-refractivity contribution in [2.75, 3.05) is 6.61 Å². The maximum atomic E-state index is 12.4. The predicted octanol–water partition coefficient (Wildman–Crippen LogP) is 3.12. The molecule has 250 valence electrons. The summed E-state index contributed by atoms with van der Waals surface area (Å²) in [5.74, 6) is 0.319. The van der Waals surface area contributed by atoms with Crippen LogP contribution >= 0.6 is 0 Å². The Balaban J connectivity index is 1.10. The van der Waals surface area contributed by atoms with Crippen molar-refractivity contribution < 1.29 is 44.5 Å². The Labute approximate surface area is 262 Å². The molecule has 44 heavy (non-hydrogen) atoms. The topological polar surface area (TPSA) is 138 Å². The van der Waals surface area contributed by atoms with Crippen LogP contribution in [-0.2, 0) is 18.9 Å². The Morgan fingerprint density at radius 3 is 2.23 bits per heavy atom. The fourth-order valence-electron chi connectivity index (χ4n) is 14.0. The summed E-state index contributed by atoms with van der Waals surface area (Å²) in [5, 5.41) is 54.2. The first kappa shape index (κ1) is 30.9. The summed E-state index contributed by atoms with van der Waals surface area (Å²) < 4.78 is 25.9. The average molecular weight is 621 g/mol. The SMILES string of the molecule is C[C@@H]1C[C@H]2O[C@]3(C[C@@]4(C)[C@@H]5[C@H](O)C[C@@H]6C(C)(C)[C@H](O[C@@H]7OC[C@@H](O)[C@H](O)[C@H]7O)CC[C@@]67C[C@@]57CC[C@]4(C)[C@H]13)O[C@@H]2C(C)(C)O. The normalized spacial score (nSPS) is 62.2. The van der Waals surface area contributed by atoms with Crippen molar-refractivity contribution >= 4 is 0 Å². The van der Waals surface area contributed by atoms with E-state index in [-0.39, 0.29) is 69.7 Å². The molecule has 5 N–H and O–H groups in total. The zero-order valence-corrected chi connectivity index (χ0v) is 27.7. The van der Waals surface area contributed by atoms with Gasteiger partial charge in [0.15, 0.2) is 12.1 Å². The van der Waals surface area contributed by atoms with E-state index in [1.165, 1.54) is 0 Å². The molecule has 0 amide bonds. The van der Waals surface area contributed by atoms with Gasteiger partial charge in [-0.15, -0.1) is 0 Å². The van der Waals surface area contributed by atoms with E-state index in [9.17, 15) is 25.5 Å². The highest BCUT2D eigenvalue weighted by atomic mass is 16.8. The zero-order chi connectivity index (χ0) is 31.6. The van der Waals surface area contributed by atoms with Gasteiger partial charge in [-0.3, -0.25) is 0 Å². The highest BCUT2D eigenvalue weighted by molar-refractivity contribution is 5.34. The van der Waals surface area contributed by atoms with Crippen LogP contribution in [0.5, 0.6) is 0 Å². The predicted molar refractivity (Wildman–Crippen MR) is 159 cm³/mol. The summed E-state index contributed by atoms with van der Waals surface area (Å²) in [7, 11) is 0. The molecule has 8 rings (SSSR count). The van der Waals surface area contributed by atoms with E-state index in [4.69, 9.17) is 18.9 Å². The summed E-state index contributed by atoms with van der Waals surface area (Å²) in [4.78, 5) is 0. The van der Waals surface area contributed by atoms with Crippen molar-refractivity contribution in [3.8, 4) is 0 Å². The molecule has 3 spiro atoms. The standard InChI is InChI=1S/C35H56O9/c1-17-12-20-27(30(4,5)40)44-35(43-20)15-32(7)26-18(36)13-21-29(2,3)22(42-28-24(39)23(38)19(37)14-41-28)8-9-33(21)16-34(26,33)11-10-31(32,6)25(17)35/h17-28,36-40H,8-16H2,1-7H3/t17-,18-,19-,20-,21-,22-,23+,24-,25+,26+,27+,28+,31-,32+,33-,34+,35-/m1/s1. The fourth-order valence-corrected chi connectivity index (χ4v) is 14.0. The van der Waals surface area contributed by atoms with Gasteiger partial charge in [-0.1, -0.05) is 34.6 Å². The van der Waals surface area contributed by atoms with Gasteiger partial charge in [0.25, 0.3) is 0 Å². The first-order valence-corrected chi connectivity index (χ1v) is 17.4. The van der Waals surface area contributed by atoms with Crippen LogP contribution in [-0.4, -0.2) is 92.5 Å². The Morgan fingerprint density at radius 2 is 1.52 bits per heavy atom. The summed E-state index contributed by atoms with van der Waals surface area (Å²) >= 11 is 0. The Kier molecular flexibility index (Phi) is 6.33. The highest BCUT2D eigenvalue weighted by Gasteiger charge is 2.87. The third kappa shape index (κ3) is 3.53. The van der Waals surface area contributed by atoms with Gasteiger partial charge in [0.1, 0.15) is 24.4 Å². The maximum Gasteiger partial charge on any atom is 0.186 e. The van der Waals surface area contributed by atoms with E-state index in [2.05, 4.69) is 34.6 Å². The molecule has 5 aliphatic carbocycles. The number of aliphatic hydroxyl groups excluding tert-OH is 4. The van der Waals surface area contributed by atoms with Crippen molar-refractivity contribution in [3.63, 3.8) is 0 Å². The van der Waals surface area contributed by atoms with Gasteiger partial charge >= 0.3 is 0 Å². The monoisotopic (exact) mass is 620 g/mol. The lowest BCUT2D eigenvalue weighted by Gasteiger charge is -2.64. The lowest BCUT2D eigenvalue weighted by Crippen LogP contribution is -2.63. The Hall–Kier alpha value is -0.360. The van der Waals surface area contributed by atoms with Crippen molar-refractivity contribution in [3.05, 3.63) is 0 Å². The molecular weight excluding hydrogens is 564 g/mol. The molecule has 9 heteroatoms. The molecular formula is C35H56O9. The second kappa shape index (κ2) is 9.00. The molecule has 5 saturated carbocycles. The van der Waals surface area contributed by atoms with E-state index < -0.39 is 42.1 Å². The molecule has 3 aliphatic heterocycles. The number of hydrogen-bond donors (Lipinski definition) is 5. The largest absolute Gasteiger partial charge is 0.393 e. The summed E-state index contributed by atoms with van der Waals surface area (Å²) in [6, 6.07) is 0. The first-order valence-electron chi connectivity index (χ1n) is 17.4. The molecule has 8 fully saturated rings. The van der Waals surface area contributed by atoms with E-state index in [1.54, 1.807) is 0 Å². The Morgan fingerprint density at radius 1 is 0.795 bits per heavy atom. The molecule has 0 aromatic heterocycles. The van der Waals surface area contributed by atoms with Gasteiger partial charge in [0.05, 0.1) is 30.5 Å². The number of aliphatic hydroxyl groups is 5. The van der Waals surface area contributed by atoms with Gasteiger partial charge in [0, 0.05) is 12.3 Å². The van der Waals surface area contributed by atoms with Crippen molar-refractivity contribution in [2.24, 2.45) is 50.7 Å². The van der Waals surface area contributed by atoms with Crippen molar-refractivity contribution in [1.82, 2.24) is 0 Å². The van der Waals surface area contributed by atoms with Gasteiger partial charge < -0.3 is 44.5 Å². The molecule has 0 aromatic carbocycles. The summed E-state index contributed by atoms with van der Waals surface area (Å²) in [6.45, 7) is 15.4. The fraction of sp³-hybridized carbons (Fsp3) is 1.00. The molecule has 17 atom stereocenters. The minimum atomic E-state index is -1.31. The Bertz CT molecular complexity index is 1200. The quantitative estimate of drug-likeness (QED) is 0.301. The third-order valence-electron chi connectivity index (χ3n) is 15.7. The van der Waals surface area contributed by atoms with E-state index in [0.717, 1.165) is 44.9 Å². The number of ether oxygens (including phenoxy) is 4. The van der Waals surface area contributed by atoms with E-state index in [0.29, 0.717) is 12.3 Å². The average Bonchev–Trinajstić information content (AvgIpc) is 3.38. The lowest BCUT2D eigenvalue weighted by molar-refractivity contribution is -0.304. The summed E-state index contributed by atoms with van der Waals surface area (Å²) in [6.07, 6.45) is 1.70. The minimum absolute atomic E-state index is 0.0465. The zero-order valence-electron chi connectivity index (χ0n) is 27.7. The molecule has 0 unspecified atom stereocenters. The molecule has 0 radical (unpaired) electrons. The molecule has 2 bridgehead atoms. The number of fused-ring (bicyclic) bond motifs is 4. The van der Waals surface area contributed by atoms with E-state index in [1.807, 2.05) is 13.8 Å². The molecule has 8 aliphatic rings. The van der Waals surface area contributed by atoms with Crippen LogP contribution in [0, 0.1) is 50.7 Å². The molecule has 3 saturated heterocycles. The van der Waals surface area contributed by atoms with Gasteiger partial charge in [0.2, 0.25) is 0 Å². The second-order valence-corrected chi connectivity index (χ2v) is 18.4. The van der Waals surface area contributed by atoms with Crippen molar-refractivity contribution in [1.29, 1.82) is 0 Å². The molecule has 0 aromatic rings. The third-order valence-corrected chi connectivity index (χ3v) is 15.7. The van der Waals surface area contributed by atoms with Crippen LogP contribution in [0.4, 0.5) is 0 Å². The van der Waals surface area contributed by atoms with Crippen molar-refractivity contribution in [2.45, 2.75) is 160 Å². The summed E-state index contributed by atoms with van der Waals surface area (Å²) in [5.41, 5.74) is -1.28. The first-order chi connectivity index (χ1) is 20.4. The van der Waals surface area contributed by atoms with Gasteiger partial charge in [-0.25, -0.2) is 0 Å². The smallest absolute Gasteiger partial charge is 0.186 e. The minimum Gasteiger partial charge on any atom is -0.393 e. The van der Waals surface area contributed by atoms with Gasteiger partial charge in [-0.05, 0) is 104 Å². The van der Waals surface area contributed by atoms with Crippen LogP contribution in [0.15, 0.2) is 0 Å². The van der Waals surface area contributed by atoms with Gasteiger partial charge in [-0.2, -0.15) is 0 Å². The molecule has 3 heterocycles. The second-order valence-electron chi connectivity index (χ2n) is 18.4. The van der Waals surface area contributed by atoms with E-state index >= 15 is 0 Å². The van der Waals surface area contributed by atoms with Crippen LogP contribution in [0.3, 0.4) is 0 Å². The van der Waals surface area contributed by atoms with Crippen LogP contribution in [0.2, 0.25) is 0 Å². The number of rotatable bonds is 3. The van der Waals surface area contributed by atoms with Crippen LogP contribution in [0.25, 0.3) is 0 Å².